The lowest BCUT2D eigenvalue weighted by Gasteiger charge is -2.25. The fourth-order valence-corrected chi connectivity index (χ4v) is 5.16. The molecule has 1 aliphatic rings. The third kappa shape index (κ3) is 4.37. The van der Waals surface area contributed by atoms with E-state index in [4.69, 9.17) is 9.15 Å². The van der Waals surface area contributed by atoms with Crippen LogP contribution in [0.25, 0.3) is 11.1 Å². The second-order valence-corrected chi connectivity index (χ2v) is 9.57. The second-order valence-electron chi connectivity index (χ2n) is 6.70. The lowest BCUT2D eigenvalue weighted by Crippen LogP contribution is -2.40. The number of thioether (sulfide) groups is 1. The van der Waals surface area contributed by atoms with Gasteiger partial charge in [0.2, 0.25) is 10.0 Å². The molecule has 1 aliphatic heterocycles. The molecule has 3 aromatic rings. The summed E-state index contributed by atoms with van der Waals surface area (Å²) in [5.41, 5.74) is 2.66. The Morgan fingerprint density at radius 3 is 2.59 bits per heavy atom. The Kier molecular flexibility index (Phi) is 5.73. The van der Waals surface area contributed by atoms with Crippen molar-refractivity contribution in [3.05, 3.63) is 53.6 Å². The lowest BCUT2D eigenvalue weighted by atomic mass is 10.1. The Bertz CT molecular complexity index is 1130. The van der Waals surface area contributed by atoms with E-state index in [-0.39, 0.29) is 16.4 Å². The van der Waals surface area contributed by atoms with Crippen LogP contribution >= 0.6 is 11.8 Å². The van der Waals surface area contributed by atoms with Crippen LogP contribution in [0.4, 0.5) is 0 Å². The van der Waals surface area contributed by atoms with Crippen LogP contribution in [-0.4, -0.2) is 55.5 Å². The molecule has 0 atom stereocenters. The van der Waals surface area contributed by atoms with E-state index in [1.807, 2.05) is 19.1 Å². The molecule has 0 radical (unpaired) electrons. The zero-order valence-electron chi connectivity index (χ0n) is 15.8. The van der Waals surface area contributed by atoms with Crippen molar-refractivity contribution in [2.45, 2.75) is 17.0 Å². The molecule has 2 aromatic carbocycles. The minimum Gasteiger partial charge on any atom is -0.431 e. The van der Waals surface area contributed by atoms with Crippen LogP contribution in [0, 0.1) is 6.92 Å². The van der Waals surface area contributed by atoms with Gasteiger partial charge in [-0.3, -0.25) is 4.79 Å². The summed E-state index contributed by atoms with van der Waals surface area (Å²) >= 11 is 1.19. The van der Waals surface area contributed by atoms with E-state index in [2.05, 4.69) is 4.98 Å². The predicted molar refractivity (Wildman–Crippen MR) is 110 cm³/mol. The Morgan fingerprint density at radius 1 is 1.14 bits per heavy atom. The number of hydrogen-bond donors (Lipinski definition) is 0. The molecular weight excluding hydrogens is 412 g/mol. The van der Waals surface area contributed by atoms with Crippen molar-refractivity contribution >= 4 is 38.7 Å². The number of fused-ring (bicyclic) bond motifs is 1. The number of sulfonamides is 1. The van der Waals surface area contributed by atoms with E-state index in [1.54, 1.807) is 18.2 Å². The van der Waals surface area contributed by atoms with Crippen molar-refractivity contribution < 1.29 is 22.4 Å². The number of benzene rings is 2. The zero-order chi connectivity index (χ0) is 20.4. The number of aromatic nitrogens is 1. The number of carbonyl (C=O) groups is 1. The largest absolute Gasteiger partial charge is 0.431 e. The van der Waals surface area contributed by atoms with Gasteiger partial charge in [-0.25, -0.2) is 13.4 Å². The van der Waals surface area contributed by atoms with Crippen LogP contribution in [0.3, 0.4) is 0 Å². The van der Waals surface area contributed by atoms with Gasteiger partial charge in [0.25, 0.3) is 5.22 Å². The highest BCUT2D eigenvalue weighted by atomic mass is 32.2. The average molecular weight is 433 g/mol. The first-order valence-electron chi connectivity index (χ1n) is 9.15. The third-order valence-electron chi connectivity index (χ3n) is 4.65. The Labute approximate surface area is 173 Å². The molecule has 1 aromatic heterocycles. The summed E-state index contributed by atoms with van der Waals surface area (Å²) in [7, 11) is -3.60. The van der Waals surface area contributed by atoms with Crippen molar-refractivity contribution in [2.24, 2.45) is 0 Å². The number of rotatable bonds is 6. The summed E-state index contributed by atoms with van der Waals surface area (Å²) < 4.78 is 37.9. The average Bonchev–Trinajstić information content (AvgIpc) is 3.15. The molecule has 0 spiro atoms. The van der Waals surface area contributed by atoms with Crippen molar-refractivity contribution in [3.8, 4) is 0 Å². The van der Waals surface area contributed by atoms with E-state index in [0.29, 0.717) is 48.2 Å². The van der Waals surface area contributed by atoms with Crippen LogP contribution in [-0.2, 0) is 14.8 Å². The first kappa shape index (κ1) is 20.1. The number of morpholine rings is 1. The smallest absolute Gasteiger partial charge is 0.257 e. The van der Waals surface area contributed by atoms with E-state index >= 15 is 0 Å². The standard InChI is InChI=1S/C20H20N2O5S2/c1-14-2-4-15(5-3-14)18(23)13-28-20-21-17-12-16(6-7-19(17)27-20)29(24,25)22-8-10-26-11-9-22/h2-7,12H,8-11,13H2,1H3. The van der Waals surface area contributed by atoms with Gasteiger partial charge in [0.15, 0.2) is 11.4 Å². The molecule has 0 aliphatic carbocycles. The molecule has 152 valence electrons. The summed E-state index contributed by atoms with van der Waals surface area (Å²) in [5, 5.41) is 0.335. The van der Waals surface area contributed by atoms with Gasteiger partial charge >= 0.3 is 0 Å². The third-order valence-corrected chi connectivity index (χ3v) is 7.37. The fraction of sp³-hybridized carbons (Fsp3) is 0.300. The molecule has 9 heteroatoms. The Balaban J connectivity index is 1.49. The van der Waals surface area contributed by atoms with Gasteiger partial charge in [0, 0.05) is 18.7 Å². The molecule has 29 heavy (non-hydrogen) atoms. The molecule has 0 amide bonds. The quantitative estimate of drug-likeness (QED) is 0.437. The minimum absolute atomic E-state index is 0.0205. The summed E-state index contributed by atoms with van der Waals surface area (Å²) in [6, 6.07) is 12.0. The first-order valence-corrected chi connectivity index (χ1v) is 11.6. The van der Waals surface area contributed by atoms with Crippen LogP contribution in [0.2, 0.25) is 0 Å². The molecule has 7 nitrogen and oxygen atoms in total. The van der Waals surface area contributed by atoms with E-state index in [0.717, 1.165) is 5.56 Å². The maximum Gasteiger partial charge on any atom is 0.257 e. The van der Waals surface area contributed by atoms with Crippen molar-refractivity contribution in [1.29, 1.82) is 0 Å². The minimum atomic E-state index is -3.60. The molecule has 0 N–H and O–H groups in total. The number of aryl methyl sites for hydroxylation is 1. The number of ether oxygens (including phenoxy) is 1. The number of oxazole rings is 1. The van der Waals surface area contributed by atoms with E-state index in [9.17, 15) is 13.2 Å². The summed E-state index contributed by atoms with van der Waals surface area (Å²) in [6.07, 6.45) is 0. The predicted octanol–water partition coefficient (Wildman–Crippen LogP) is 3.13. The highest BCUT2D eigenvalue weighted by Crippen LogP contribution is 2.27. The second kappa shape index (κ2) is 8.27. The summed E-state index contributed by atoms with van der Waals surface area (Å²) in [4.78, 5) is 16.8. The summed E-state index contributed by atoms with van der Waals surface area (Å²) in [6.45, 7) is 3.42. The van der Waals surface area contributed by atoms with Crippen LogP contribution < -0.4 is 0 Å². The number of ketones is 1. The van der Waals surface area contributed by atoms with Gasteiger partial charge < -0.3 is 9.15 Å². The first-order chi connectivity index (χ1) is 13.9. The lowest BCUT2D eigenvalue weighted by molar-refractivity contribution is 0.0730. The monoisotopic (exact) mass is 432 g/mol. The van der Waals surface area contributed by atoms with Gasteiger partial charge in [-0.15, -0.1) is 0 Å². The molecule has 1 saturated heterocycles. The molecular formula is C20H20N2O5S2. The van der Waals surface area contributed by atoms with Gasteiger partial charge in [-0.1, -0.05) is 41.6 Å². The number of hydrogen-bond acceptors (Lipinski definition) is 7. The van der Waals surface area contributed by atoms with Crippen LogP contribution in [0.5, 0.6) is 0 Å². The van der Waals surface area contributed by atoms with Crippen molar-refractivity contribution in [1.82, 2.24) is 9.29 Å². The van der Waals surface area contributed by atoms with E-state index < -0.39 is 10.0 Å². The Hall–Kier alpha value is -2.20. The fourth-order valence-electron chi connectivity index (χ4n) is 2.99. The van der Waals surface area contributed by atoms with Crippen LogP contribution in [0.1, 0.15) is 15.9 Å². The maximum atomic E-state index is 12.8. The Morgan fingerprint density at radius 2 is 1.86 bits per heavy atom. The molecule has 0 unspecified atom stereocenters. The normalized spacial score (nSPS) is 15.6. The molecule has 4 rings (SSSR count). The number of carbonyl (C=O) groups excluding carboxylic acids is 1. The molecule has 0 saturated carbocycles. The van der Waals surface area contributed by atoms with Crippen molar-refractivity contribution in [3.63, 3.8) is 0 Å². The molecule has 2 heterocycles. The van der Waals surface area contributed by atoms with Crippen LogP contribution in [0.15, 0.2) is 57.0 Å². The molecule has 0 bridgehead atoms. The highest BCUT2D eigenvalue weighted by Gasteiger charge is 2.27. The molecule has 1 fully saturated rings. The van der Waals surface area contributed by atoms with E-state index in [1.165, 1.54) is 28.2 Å². The number of nitrogens with zero attached hydrogens (tertiary/aromatic N) is 2. The topological polar surface area (TPSA) is 89.7 Å². The number of Topliss-reactive ketones (excluding diaryl/α,β-unsaturated/α-hetero) is 1. The van der Waals surface area contributed by atoms with Gasteiger partial charge in [0.05, 0.1) is 23.9 Å². The zero-order valence-corrected chi connectivity index (χ0v) is 17.5. The SMILES string of the molecule is Cc1ccc(C(=O)CSc2nc3cc(S(=O)(=O)N4CCOCC4)ccc3o2)cc1. The van der Waals surface area contributed by atoms with Gasteiger partial charge in [0.1, 0.15) is 5.52 Å². The van der Waals surface area contributed by atoms with Gasteiger partial charge in [-0.2, -0.15) is 4.31 Å². The van der Waals surface area contributed by atoms with Gasteiger partial charge in [-0.05, 0) is 25.1 Å². The highest BCUT2D eigenvalue weighted by molar-refractivity contribution is 7.99. The maximum absolute atomic E-state index is 12.8. The summed E-state index contributed by atoms with van der Waals surface area (Å²) in [5.74, 6) is 0.169. The van der Waals surface area contributed by atoms with Crippen molar-refractivity contribution in [2.75, 3.05) is 32.1 Å².